The summed E-state index contributed by atoms with van der Waals surface area (Å²) in [5.74, 6) is -1.42. The van der Waals surface area contributed by atoms with Crippen LogP contribution in [0, 0.1) is 0 Å². The first-order valence-corrected chi connectivity index (χ1v) is 11.3. The van der Waals surface area contributed by atoms with Gasteiger partial charge in [0.15, 0.2) is 0 Å². The van der Waals surface area contributed by atoms with E-state index in [4.69, 9.17) is 4.74 Å². The van der Waals surface area contributed by atoms with E-state index in [1.165, 1.54) is 4.90 Å². The summed E-state index contributed by atoms with van der Waals surface area (Å²) in [5, 5.41) is 2.70. The Labute approximate surface area is 195 Å². The molecule has 0 bridgehead atoms. The lowest BCUT2D eigenvalue weighted by Gasteiger charge is -2.27. The van der Waals surface area contributed by atoms with E-state index >= 15 is 0 Å². The van der Waals surface area contributed by atoms with Gasteiger partial charge in [0, 0.05) is 24.7 Å². The SMILES string of the molecule is CN(C)CCN(CC(=O)OC(C)(C)C)C(=O)CNC(=O)C1c2ccccc2C(=O)N1C1CC1. The Kier molecular flexibility index (Phi) is 7.41. The zero-order chi connectivity index (χ0) is 24.3. The molecular weight excluding hydrogens is 424 g/mol. The number of carbonyl (C=O) groups is 4. The van der Waals surface area contributed by atoms with Crippen LogP contribution in [0.3, 0.4) is 0 Å². The minimum atomic E-state index is -0.741. The van der Waals surface area contributed by atoms with E-state index in [0.717, 1.165) is 12.8 Å². The fraction of sp³-hybridized carbons (Fsp3) is 0.583. The van der Waals surface area contributed by atoms with Crippen LogP contribution in [0.1, 0.15) is 55.6 Å². The minimum Gasteiger partial charge on any atom is -0.459 e. The molecule has 1 N–H and O–H groups in total. The predicted molar refractivity (Wildman–Crippen MR) is 122 cm³/mol. The number of likely N-dealkylation sites (N-methyl/N-ethyl adjacent to an activating group) is 1. The van der Waals surface area contributed by atoms with Gasteiger partial charge in [-0.25, -0.2) is 0 Å². The molecule has 180 valence electrons. The number of carbonyl (C=O) groups excluding carboxylic acids is 4. The van der Waals surface area contributed by atoms with Crippen molar-refractivity contribution in [1.82, 2.24) is 20.0 Å². The van der Waals surface area contributed by atoms with Crippen LogP contribution in [0.4, 0.5) is 0 Å². The zero-order valence-corrected chi connectivity index (χ0v) is 20.1. The Morgan fingerprint density at radius 1 is 1.12 bits per heavy atom. The van der Waals surface area contributed by atoms with Gasteiger partial charge >= 0.3 is 5.97 Å². The highest BCUT2D eigenvalue weighted by Crippen LogP contribution is 2.41. The van der Waals surface area contributed by atoms with E-state index < -0.39 is 23.5 Å². The van der Waals surface area contributed by atoms with Crippen molar-refractivity contribution in [2.24, 2.45) is 0 Å². The molecule has 3 rings (SSSR count). The van der Waals surface area contributed by atoms with E-state index in [2.05, 4.69) is 5.32 Å². The van der Waals surface area contributed by atoms with Crippen molar-refractivity contribution >= 4 is 23.7 Å². The number of fused-ring (bicyclic) bond motifs is 1. The smallest absolute Gasteiger partial charge is 0.326 e. The van der Waals surface area contributed by atoms with Gasteiger partial charge in [-0.2, -0.15) is 0 Å². The molecule has 0 radical (unpaired) electrons. The molecule has 0 aromatic heterocycles. The van der Waals surface area contributed by atoms with Crippen LogP contribution in [0.25, 0.3) is 0 Å². The summed E-state index contributed by atoms with van der Waals surface area (Å²) in [5.41, 5.74) is 0.543. The summed E-state index contributed by atoms with van der Waals surface area (Å²) < 4.78 is 5.35. The molecular formula is C24H34N4O5. The van der Waals surface area contributed by atoms with E-state index in [1.54, 1.807) is 49.9 Å². The summed E-state index contributed by atoms with van der Waals surface area (Å²) in [6, 6.07) is 6.42. The molecule has 1 unspecified atom stereocenters. The highest BCUT2D eigenvalue weighted by atomic mass is 16.6. The van der Waals surface area contributed by atoms with Gasteiger partial charge in [0.05, 0.1) is 6.54 Å². The van der Waals surface area contributed by atoms with Crippen molar-refractivity contribution in [3.63, 3.8) is 0 Å². The van der Waals surface area contributed by atoms with Crippen LogP contribution in [0.15, 0.2) is 24.3 Å². The molecule has 1 heterocycles. The molecule has 2 aliphatic rings. The van der Waals surface area contributed by atoms with Crippen LogP contribution < -0.4 is 5.32 Å². The standard InChI is InChI=1S/C24H34N4O5/c1-24(2,3)33-20(30)15-27(13-12-26(4)5)19(29)14-25-22(31)21-17-8-6-7-9-18(17)23(32)28(21)16-10-11-16/h6-9,16,21H,10-15H2,1-5H3,(H,25,31). The maximum absolute atomic E-state index is 13.1. The molecule has 0 saturated heterocycles. The Morgan fingerprint density at radius 3 is 2.39 bits per heavy atom. The summed E-state index contributed by atoms with van der Waals surface area (Å²) in [7, 11) is 3.75. The number of nitrogens with one attached hydrogen (secondary N) is 1. The van der Waals surface area contributed by atoms with Crippen molar-refractivity contribution in [3.8, 4) is 0 Å². The second-order valence-corrected chi connectivity index (χ2v) is 9.86. The molecule has 1 aliphatic carbocycles. The maximum Gasteiger partial charge on any atom is 0.326 e. The third-order valence-electron chi connectivity index (χ3n) is 5.51. The largest absolute Gasteiger partial charge is 0.459 e. The van der Waals surface area contributed by atoms with Crippen LogP contribution in [0.2, 0.25) is 0 Å². The average Bonchev–Trinajstić information content (AvgIpc) is 3.51. The van der Waals surface area contributed by atoms with Crippen molar-refractivity contribution in [3.05, 3.63) is 35.4 Å². The number of nitrogens with zero attached hydrogens (tertiary/aromatic N) is 3. The molecule has 9 heteroatoms. The molecule has 1 fully saturated rings. The highest BCUT2D eigenvalue weighted by Gasteiger charge is 2.47. The first-order chi connectivity index (χ1) is 15.5. The summed E-state index contributed by atoms with van der Waals surface area (Å²) in [4.78, 5) is 56.1. The lowest BCUT2D eigenvalue weighted by molar-refractivity contribution is -0.158. The molecule has 3 amide bonds. The molecule has 1 atom stereocenters. The normalized spacial score (nSPS) is 17.7. The Morgan fingerprint density at radius 2 is 1.79 bits per heavy atom. The van der Waals surface area contributed by atoms with Crippen LogP contribution in [-0.4, -0.2) is 90.3 Å². The second-order valence-electron chi connectivity index (χ2n) is 9.86. The number of benzene rings is 1. The second kappa shape index (κ2) is 9.91. The monoisotopic (exact) mass is 458 g/mol. The van der Waals surface area contributed by atoms with Gasteiger partial charge in [-0.05, 0) is 59.3 Å². The van der Waals surface area contributed by atoms with Gasteiger partial charge in [-0.1, -0.05) is 18.2 Å². The number of ether oxygens (including phenoxy) is 1. The van der Waals surface area contributed by atoms with Gasteiger partial charge < -0.3 is 24.8 Å². The molecule has 0 spiro atoms. The number of hydrogen-bond acceptors (Lipinski definition) is 6. The average molecular weight is 459 g/mol. The third-order valence-corrected chi connectivity index (χ3v) is 5.51. The van der Waals surface area contributed by atoms with E-state index in [1.807, 2.05) is 19.0 Å². The molecule has 1 aromatic carbocycles. The fourth-order valence-corrected chi connectivity index (χ4v) is 3.85. The van der Waals surface area contributed by atoms with Gasteiger partial charge in [0.2, 0.25) is 11.8 Å². The van der Waals surface area contributed by atoms with E-state index in [0.29, 0.717) is 24.2 Å². The van der Waals surface area contributed by atoms with Crippen molar-refractivity contribution in [2.45, 2.75) is 51.3 Å². The predicted octanol–water partition coefficient (Wildman–Crippen LogP) is 1.19. The fourth-order valence-electron chi connectivity index (χ4n) is 3.85. The molecule has 1 aliphatic heterocycles. The molecule has 1 saturated carbocycles. The first-order valence-electron chi connectivity index (χ1n) is 11.3. The lowest BCUT2D eigenvalue weighted by Crippen LogP contribution is -2.48. The number of hydrogen-bond donors (Lipinski definition) is 1. The number of rotatable bonds is 9. The molecule has 9 nitrogen and oxygen atoms in total. The Hall–Kier alpha value is -2.94. The van der Waals surface area contributed by atoms with Crippen molar-refractivity contribution < 1.29 is 23.9 Å². The third kappa shape index (κ3) is 6.31. The van der Waals surface area contributed by atoms with Crippen LogP contribution >= 0.6 is 0 Å². The quantitative estimate of drug-likeness (QED) is 0.558. The van der Waals surface area contributed by atoms with Gasteiger partial charge in [-0.3, -0.25) is 19.2 Å². The summed E-state index contributed by atoms with van der Waals surface area (Å²) in [6.45, 7) is 5.72. The summed E-state index contributed by atoms with van der Waals surface area (Å²) in [6.07, 6.45) is 1.74. The van der Waals surface area contributed by atoms with Crippen molar-refractivity contribution in [2.75, 3.05) is 40.3 Å². The Balaban J connectivity index is 1.66. The highest BCUT2D eigenvalue weighted by molar-refractivity contribution is 6.05. The van der Waals surface area contributed by atoms with Gasteiger partial charge in [-0.15, -0.1) is 0 Å². The summed E-state index contributed by atoms with van der Waals surface area (Å²) >= 11 is 0. The zero-order valence-electron chi connectivity index (χ0n) is 20.1. The van der Waals surface area contributed by atoms with Gasteiger partial charge in [0.1, 0.15) is 18.2 Å². The number of amides is 3. The van der Waals surface area contributed by atoms with E-state index in [9.17, 15) is 19.2 Å². The molecule has 33 heavy (non-hydrogen) atoms. The van der Waals surface area contributed by atoms with Crippen LogP contribution in [-0.2, 0) is 19.1 Å². The van der Waals surface area contributed by atoms with E-state index in [-0.39, 0.29) is 30.9 Å². The minimum absolute atomic E-state index is 0.0557. The Bertz CT molecular complexity index is 920. The maximum atomic E-state index is 13.1. The van der Waals surface area contributed by atoms with Crippen LogP contribution in [0.5, 0.6) is 0 Å². The van der Waals surface area contributed by atoms with Crippen molar-refractivity contribution in [1.29, 1.82) is 0 Å². The topological polar surface area (TPSA) is 99.3 Å². The van der Waals surface area contributed by atoms with Gasteiger partial charge in [0.25, 0.3) is 5.91 Å². The first kappa shape index (κ1) is 24.7. The lowest BCUT2D eigenvalue weighted by atomic mass is 10.0. The molecule has 1 aromatic rings. The number of esters is 1.